The molecule has 1 rings (SSSR count). The van der Waals surface area contributed by atoms with Crippen molar-refractivity contribution >= 4 is 11.8 Å². The zero-order chi connectivity index (χ0) is 13.1. The number of rotatable bonds is 2. The number of hydrogen-bond acceptors (Lipinski definition) is 2. The van der Waals surface area contributed by atoms with E-state index in [0.29, 0.717) is 16.8 Å². The van der Waals surface area contributed by atoms with E-state index in [1.807, 2.05) is 0 Å². The Morgan fingerprint density at radius 1 is 1.18 bits per heavy atom. The summed E-state index contributed by atoms with van der Waals surface area (Å²) in [6, 6.07) is 4.78. The fraction of sp³-hybridized carbons (Fsp3) is 0.250. The van der Waals surface area contributed by atoms with E-state index >= 15 is 0 Å². The number of alkyl halides is 3. The van der Waals surface area contributed by atoms with Crippen LogP contribution in [0.5, 0.6) is 0 Å². The summed E-state index contributed by atoms with van der Waals surface area (Å²) in [5.41, 5.74) is 1.05. The van der Waals surface area contributed by atoms with Crippen molar-refractivity contribution in [1.29, 1.82) is 0 Å². The van der Waals surface area contributed by atoms with E-state index in [1.54, 1.807) is 19.9 Å². The number of hydrogen-bond donors (Lipinski definition) is 1. The highest BCUT2D eigenvalue weighted by molar-refractivity contribution is 6.01. The summed E-state index contributed by atoms with van der Waals surface area (Å²) in [6.07, 6.45) is -2.67. The van der Waals surface area contributed by atoms with E-state index in [9.17, 15) is 13.2 Å². The quantitative estimate of drug-likeness (QED) is 0.476. The highest BCUT2D eigenvalue weighted by Crippen LogP contribution is 2.29. The molecule has 1 aromatic carbocycles. The fourth-order valence-electron chi connectivity index (χ4n) is 1.20. The van der Waals surface area contributed by atoms with Gasteiger partial charge < -0.3 is 5.21 Å². The molecule has 0 aliphatic carbocycles. The summed E-state index contributed by atoms with van der Waals surface area (Å²) in [4.78, 5) is 0. The Kier molecular flexibility index (Phi) is 3.93. The Labute approximate surface area is 97.1 Å². The van der Waals surface area contributed by atoms with E-state index < -0.39 is 11.7 Å². The molecule has 0 aliphatic rings. The van der Waals surface area contributed by atoms with Crippen LogP contribution in [0.4, 0.5) is 13.2 Å². The van der Waals surface area contributed by atoms with Gasteiger partial charge in [-0.15, -0.1) is 0 Å². The van der Waals surface area contributed by atoms with Gasteiger partial charge in [-0.3, -0.25) is 0 Å². The second kappa shape index (κ2) is 5.03. The van der Waals surface area contributed by atoms with Crippen LogP contribution in [0.15, 0.2) is 35.0 Å². The van der Waals surface area contributed by atoms with Crippen LogP contribution >= 0.6 is 0 Å². The van der Waals surface area contributed by atoms with Gasteiger partial charge >= 0.3 is 6.18 Å². The van der Waals surface area contributed by atoms with Gasteiger partial charge in [0, 0.05) is 0 Å². The SMILES string of the molecule is CC(=C/c1ccc(C(F)(F)F)cc1)/C(C)=N/O. The van der Waals surface area contributed by atoms with E-state index in [2.05, 4.69) is 5.16 Å². The van der Waals surface area contributed by atoms with E-state index in [1.165, 1.54) is 12.1 Å². The minimum Gasteiger partial charge on any atom is -0.411 e. The maximum atomic E-state index is 12.3. The van der Waals surface area contributed by atoms with Gasteiger partial charge in [-0.1, -0.05) is 23.4 Å². The van der Waals surface area contributed by atoms with Crippen molar-refractivity contribution in [2.75, 3.05) is 0 Å². The van der Waals surface area contributed by atoms with Gasteiger partial charge in [-0.2, -0.15) is 13.2 Å². The van der Waals surface area contributed by atoms with Crippen LogP contribution in [0, 0.1) is 0 Å². The van der Waals surface area contributed by atoms with Crippen molar-refractivity contribution in [3.8, 4) is 0 Å². The number of benzene rings is 1. The molecular weight excluding hydrogens is 231 g/mol. The van der Waals surface area contributed by atoms with Gasteiger partial charge in [0.1, 0.15) is 0 Å². The molecule has 0 fully saturated rings. The van der Waals surface area contributed by atoms with Crippen molar-refractivity contribution in [3.63, 3.8) is 0 Å². The zero-order valence-electron chi connectivity index (χ0n) is 9.42. The second-order valence-electron chi connectivity index (χ2n) is 3.63. The monoisotopic (exact) mass is 243 g/mol. The Balaban J connectivity index is 2.97. The molecule has 5 heteroatoms. The van der Waals surface area contributed by atoms with Crippen molar-refractivity contribution in [2.45, 2.75) is 20.0 Å². The molecule has 17 heavy (non-hydrogen) atoms. The highest BCUT2D eigenvalue weighted by atomic mass is 19.4. The second-order valence-corrected chi connectivity index (χ2v) is 3.63. The standard InChI is InChI=1S/C12H12F3NO/c1-8(9(2)16-17)7-10-3-5-11(6-4-10)12(13,14)15/h3-7,17H,1-2H3/b8-7-,16-9+. The van der Waals surface area contributed by atoms with Crippen LogP contribution in [0.2, 0.25) is 0 Å². The summed E-state index contributed by atoms with van der Waals surface area (Å²) >= 11 is 0. The molecule has 0 spiro atoms. The van der Waals surface area contributed by atoms with E-state index in [-0.39, 0.29) is 0 Å². The summed E-state index contributed by atoms with van der Waals surface area (Å²) in [5.74, 6) is 0. The lowest BCUT2D eigenvalue weighted by atomic mass is 10.1. The molecule has 92 valence electrons. The number of nitrogens with zero attached hydrogens (tertiary/aromatic N) is 1. The molecule has 1 aromatic rings. The van der Waals surface area contributed by atoms with Gasteiger partial charge in [-0.05, 0) is 37.1 Å². The molecule has 0 amide bonds. The minimum atomic E-state index is -4.32. The molecule has 0 atom stereocenters. The van der Waals surface area contributed by atoms with Crippen LogP contribution in [0.3, 0.4) is 0 Å². The third-order valence-electron chi connectivity index (χ3n) is 2.34. The number of oxime groups is 1. The molecule has 0 heterocycles. The maximum Gasteiger partial charge on any atom is 0.416 e. The Morgan fingerprint density at radius 2 is 1.71 bits per heavy atom. The minimum absolute atomic E-state index is 0.421. The van der Waals surface area contributed by atoms with Gasteiger partial charge in [0.05, 0.1) is 11.3 Å². The van der Waals surface area contributed by atoms with Crippen LogP contribution < -0.4 is 0 Å². The first-order valence-corrected chi connectivity index (χ1v) is 4.89. The van der Waals surface area contributed by atoms with Crippen molar-refractivity contribution in [3.05, 3.63) is 41.0 Å². The molecule has 0 radical (unpaired) electrons. The fourth-order valence-corrected chi connectivity index (χ4v) is 1.20. The lowest BCUT2D eigenvalue weighted by Crippen LogP contribution is -2.04. The van der Waals surface area contributed by atoms with Crippen molar-refractivity contribution in [2.24, 2.45) is 5.16 Å². The largest absolute Gasteiger partial charge is 0.416 e. The highest BCUT2D eigenvalue weighted by Gasteiger charge is 2.29. The van der Waals surface area contributed by atoms with Crippen LogP contribution in [0.1, 0.15) is 25.0 Å². The zero-order valence-corrected chi connectivity index (χ0v) is 9.42. The Hall–Kier alpha value is -1.78. The third-order valence-corrected chi connectivity index (χ3v) is 2.34. The molecule has 0 aliphatic heterocycles. The average Bonchev–Trinajstić information content (AvgIpc) is 2.27. The van der Waals surface area contributed by atoms with Crippen LogP contribution in [0.25, 0.3) is 6.08 Å². The lowest BCUT2D eigenvalue weighted by Gasteiger charge is -2.06. The van der Waals surface area contributed by atoms with E-state index in [0.717, 1.165) is 12.1 Å². The first kappa shape index (κ1) is 13.3. The predicted molar refractivity (Wildman–Crippen MR) is 60.0 cm³/mol. The summed E-state index contributed by atoms with van der Waals surface area (Å²) in [5, 5.41) is 11.5. The topological polar surface area (TPSA) is 32.6 Å². The van der Waals surface area contributed by atoms with Crippen molar-refractivity contribution in [1.82, 2.24) is 0 Å². The van der Waals surface area contributed by atoms with Crippen molar-refractivity contribution < 1.29 is 18.4 Å². The van der Waals surface area contributed by atoms with Gasteiger partial charge in [0.15, 0.2) is 0 Å². The molecule has 0 saturated heterocycles. The first-order chi connectivity index (χ1) is 7.84. The van der Waals surface area contributed by atoms with E-state index in [4.69, 9.17) is 5.21 Å². The number of allylic oxidation sites excluding steroid dienone is 1. The maximum absolute atomic E-state index is 12.3. The van der Waals surface area contributed by atoms with Crippen LogP contribution in [-0.4, -0.2) is 10.9 Å². The molecule has 1 N–H and O–H groups in total. The summed E-state index contributed by atoms with van der Waals surface area (Å²) in [6.45, 7) is 3.32. The lowest BCUT2D eigenvalue weighted by molar-refractivity contribution is -0.137. The Morgan fingerprint density at radius 3 is 2.12 bits per heavy atom. The molecule has 0 bridgehead atoms. The predicted octanol–water partition coefficient (Wildman–Crippen LogP) is 3.96. The first-order valence-electron chi connectivity index (χ1n) is 4.89. The third kappa shape index (κ3) is 3.62. The average molecular weight is 243 g/mol. The molecular formula is C12H12F3NO. The van der Waals surface area contributed by atoms with Gasteiger partial charge in [-0.25, -0.2) is 0 Å². The molecule has 0 aromatic heterocycles. The molecule has 0 saturated carbocycles. The summed E-state index contributed by atoms with van der Waals surface area (Å²) < 4.78 is 36.9. The van der Waals surface area contributed by atoms with Crippen LogP contribution in [-0.2, 0) is 6.18 Å². The smallest absolute Gasteiger partial charge is 0.411 e. The molecule has 0 unspecified atom stereocenters. The Bertz CT molecular complexity index is 444. The van der Waals surface area contributed by atoms with Gasteiger partial charge in [0.2, 0.25) is 0 Å². The van der Waals surface area contributed by atoms with Gasteiger partial charge in [0.25, 0.3) is 0 Å². The number of halogens is 3. The summed E-state index contributed by atoms with van der Waals surface area (Å²) in [7, 11) is 0. The molecule has 2 nitrogen and oxygen atoms in total. The normalized spacial score (nSPS) is 13.9.